The lowest BCUT2D eigenvalue weighted by atomic mass is 10.2. The van der Waals surface area contributed by atoms with Gasteiger partial charge in [0.2, 0.25) is 5.91 Å². The molecule has 0 radical (unpaired) electrons. The molecule has 1 aromatic heterocycles. The Morgan fingerprint density at radius 1 is 1.19 bits per heavy atom. The molecule has 0 unspecified atom stereocenters. The molecule has 1 amide bonds. The predicted molar refractivity (Wildman–Crippen MR) is 80.3 cm³/mol. The van der Waals surface area contributed by atoms with Crippen molar-refractivity contribution < 1.29 is 9.53 Å². The highest BCUT2D eigenvalue weighted by Gasteiger charge is 2.06. The van der Waals surface area contributed by atoms with E-state index in [-0.39, 0.29) is 0 Å². The van der Waals surface area contributed by atoms with Crippen LogP contribution in [0.5, 0.6) is 5.75 Å². The fourth-order valence-corrected chi connectivity index (χ4v) is 2.12. The zero-order valence-electron chi connectivity index (χ0n) is 11.4. The Balaban J connectivity index is 1.68. The minimum absolute atomic E-state index is 0.444. The fourth-order valence-electron chi connectivity index (χ4n) is 2.12. The number of imidazole rings is 1. The summed E-state index contributed by atoms with van der Waals surface area (Å²) in [6.45, 7) is 0.534. The predicted octanol–water partition coefficient (Wildman–Crippen LogP) is 2.28. The topological polar surface area (TPSA) is 81.0 Å². The van der Waals surface area contributed by atoms with E-state index < -0.39 is 5.91 Å². The Labute approximate surface area is 121 Å². The van der Waals surface area contributed by atoms with Gasteiger partial charge in [0.15, 0.2) is 0 Å². The Bertz CT molecular complexity index is 766. The van der Waals surface area contributed by atoms with Gasteiger partial charge in [-0.1, -0.05) is 18.2 Å². The van der Waals surface area contributed by atoms with Gasteiger partial charge in [0.25, 0.3) is 0 Å². The summed E-state index contributed by atoms with van der Waals surface area (Å²) in [5.41, 5.74) is 7.35. The zero-order valence-corrected chi connectivity index (χ0v) is 11.4. The molecule has 3 rings (SSSR count). The van der Waals surface area contributed by atoms with E-state index >= 15 is 0 Å². The molecule has 0 bridgehead atoms. The van der Waals surface area contributed by atoms with Gasteiger partial charge in [-0.05, 0) is 30.3 Å². The summed E-state index contributed by atoms with van der Waals surface area (Å²) in [5, 5.41) is 0. The maximum Gasteiger partial charge on any atom is 0.248 e. The van der Waals surface area contributed by atoms with E-state index in [9.17, 15) is 4.79 Å². The summed E-state index contributed by atoms with van der Waals surface area (Å²) in [6, 6.07) is 14.8. The van der Waals surface area contributed by atoms with Crippen LogP contribution in [0.15, 0.2) is 48.5 Å². The minimum Gasteiger partial charge on any atom is -0.493 e. The molecule has 2 aromatic carbocycles. The van der Waals surface area contributed by atoms with Gasteiger partial charge >= 0.3 is 0 Å². The molecule has 0 saturated heterocycles. The van der Waals surface area contributed by atoms with Crippen molar-refractivity contribution in [3.63, 3.8) is 0 Å². The molecule has 0 fully saturated rings. The SMILES string of the molecule is NC(=O)c1ccc2nc(CCOc3ccccc3)[nH]c2c1. The van der Waals surface area contributed by atoms with Gasteiger partial charge in [0.1, 0.15) is 11.6 Å². The van der Waals surface area contributed by atoms with Crippen molar-refractivity contribution in [1.82, 2.24) is 9.97 Å². The number of carbonyl (C=O) groups excluding carboxylic acids is 1. The number of carbonyl (C=O) groups is 1. The van der Waals surface area contributed by atoms with E-state index in [1.54, 1.807) is 18.2 Å². The Morgan fingerprint density at radius 3 is 2.76 bits per heavy atom. The summed E-state index contributed by atoms with van der Waals surface area (Å²) in [4.78, 5) is 18.8. The maximum absolute atomic E-state index is 11.1. The molecule has 0 spiro atoms. The van der Waals surface area contributed by atoms with Gasteiger partial charge < -0.3 is 15.5 Å². The Morgan fingerprint density at radius 2 is 2.00 bits per heavy atom. The number of nitrogens with one attached hydrogen (secondary N) is 1. The molecule has 106 valence electrons. The maximum atomic E-state index is 11.1. The van der Waals surface area contributed by atoms with Crippen LogP contribution in [0, 0.1) is 0 Å². The lowest BCUT2D eigenvalue weighted by Crippen LogP contribution is -2.10. The second-order valence-electron chi connectivity index (χ2n) is 4.69. The van der Waals surface area contributed by atoms with Crippen LogP contribution in [0.4, 0.5) is 0 Å². The molecule has 3 aromatic rings. The lowest BCUT2D eigenvalue weighted by Gasteiger charge is -2.03. The first-order valence-corrected chi connectivity index (χ1v) is 6.69. The third-order valence-corrected chi connectivity index (χ3v) is 3.17. The van der Waals surface area contributed by atoms with E-state index in [1.165, 1.54) is 0 Å². The number of hydrogen-bond acceptors (Lipinski definition) is 3. The van der Waals surface area contributed by atoms with E-state index in [2.05, 4.69) is 9.97 Å². The summed E-state index contributed by atoms with van der Waals surface area (Å²) in [6.07, 6.45) is 0.662. The molecule has 5 nitrogen and oxygen atoms in total. The molecule has 0 aliphatic carbocycles. The molecule has 0 aliphatic heterocycles. The molecule has 5 heteroatoms. The Kier molecular flexibility index (Phi) is 3.55. The third-order valence-electron chi connectivity index (χ3n) is 3.17. The van der Waals surface area contributed by atoms with Gasteiger partial charge in [-0.15, -0.1) is 0 Å². The number of ether oxygens (including phenoxy) is 1. The monoisotopic (exact) mass is 281 g/mol. The lowest BCUT2D eigenvalue weighted by molar-refractivity contribution is 0.100. The van der Waals surface area contributed by atoms with Gasteiger partial charge in [0.05, 0.1) is 17.6 Å². The van der Waals surface area contributed by atoms with Crippen LogP contribution in [0.2, 0.25) is 0 Å². The van der Waals surface area contributed by atoms with Crippen molar-refractivity contribution in [2.45, 2.75) is 6.42 Å². The second kappa shape index (κ2) is 5.66. The minimum atomic E-state index is -0.444. The molecule has 3 N–H and O–H groups in total. The second-order valence-corrected chi connectivity index (χ2v) is 4.69. The van der Waals surface area contributed by atoms with Crippen LogP contribution in [-0.2, 0) is 6.42 Å². The average Bonchev–Trinajstić information content (AvgIpc) is 2.90. The normalized spacial score (nSPS) is 10.7. The van der Waals surface area contributed by atoms with Crippen LogP contribution in [0.3, 0.4) is 0 Å². The number of aromatic nitrogens is 2. The zero-order chi connectivity index (χ0) is 14.7. The molecule has 0 aliphatic rings. The molecule has 0 saturated carbocycles. The van der Waals surface area contributed by atoms with Gasteiger partial charge in [0, 0.05) is 12.0 Å². The van der Waals surface area contributed by atoms with Crippen molar-refractivity contribution in [3.8, 4) is 5.75 Å². The van der Waals surface area contributed by atoms with Crippen LogP contribution in [-0.4, -0.2) is 22.5 Å². The highest BCUT2D eigenvalue weighted by Crippen LogP contribution is 2.14. The number of fused-ring (bicyclic) bond motifs is 1. The number of nitrogens with two attached hydrogens (primary N) is 1. The molecule has 0 atom stereocenters. The smallest absolute Gasteiger partial charge is 0.248 e. The number of nitrogens with zero attached hydrogens (tertiary/aromatic N) is 1. The van der Waals surface area contributed by atoms with Crippen LogP contribution in [0.25, 0.3) is 11.0 Å². The summed E-state index contributed by atoms with van der Waals surface area (Å²) in [5.74, 6) is 1.22. The van der Waals surface area contributed by atoms with Crippen molar-refractivity contribution in [2.75, 3.05) is 6.61 Å². The Hall–Kier alpha value is -2.82. The van der Waals surface area contributed by atoms with Gasteiger partial charge in [-0.2, -0.15) is 0 Å². The summed E-state index contributed by atoms with van der Waals surface area (Å²) < 4.78 is 5.63. The molecule has 21 heavy (non-hydrogen) atoms. The van der Waals surface area contributed by atoms with Crippen molar-refractivity contribution >= 4 is 16.9 Å². The fraction of sp³-hybridized carbons (Fsp3) is 0.125. The molecule has 1 heterocycles. The van der Waals surface area contributed by atoms with Crippen LogP contribution >= 0.6 is 0 Å². The third kappa shape index (κ3) is 3.02. The highest BCUT2D eigenvalue weighted by molar-refractivity contribution is 5.96. The van der Waals surface area contributed by atoms with E-state index in [0.29, 0.717) is 18.6 Å². The number of benzene rings is 2. The first-order chi connectivity index (χ1) is 10.2. The van der Waals surface area contributed by atoms with Gasteiger partial charge in [-0.3, -0.25) is 4.79 Å². The molecular formula is C16H15N3O2. The van der Waals surface area contributed by atoms with Crippen molar-refractivity contribution in [1.29, 1.82) is 0 Å². The number of hydrogen-bond donors (Lipinski definition) is 2. The van der Waals surface area contributed by atoms with Gasteiger partial charge in [-0.25, -0.2) is 4.98 Å². The quantitative estimate of drug-likeness (QED) is 0.752. The highest BCUT2D eigenvalue weighted by atomic mass is 16.5. The number of aromatic amines is 1. The number of amides is 1. The van der Waals surface area contributed by atoms with E-state index in [4.69, 9.17) is 10.5 Å². The number of rotatable bonds is 5. The summed E-state index contributed by atoms with van der Waals surface area (Å²) >= 11 is 0. The largest absolute Gasteiger partial charge is 0.493 e. The molecular weight excluding hydrogens is 266 g/mol. The first kappa shape index (κ1) is 13.2. The van der Waals surface area contributed by atoms with E-state index in [1.807, 2.05) is 30.3 Å². The standard InChI is InChI=1S/C16H15N3O2/c17-16(20)11-6-7-13-14(10-11)19-15(18-13)8-9-21-12-4-2-1-3-5-12/h1-7,10H,8-9H2,(H2,17,20)(H,18,19). The summed E-state index contributed by atoms with van der Waals surface area (Å²) in [7, 11) is 0. The van der Waals surface area contributed by atoms with E-state index in [0.717, 1.165) is 22.6 Å². The average molecular weight is 281 g/mol. The van der Waals surface area contributed by atoms with Crippen molar-refractivity contribution in [2.24, 2.45) is 5.73 Å². The van der Waals surface area contributed by atoms with Crippen LogP contribution < -0.4 is 10.5 Å². The van der Waals surface area contributed by atoms with Crippen LogP contribution in [0.1, 0.15) is 16.2 Å². The first-order valence-electron chi connectivity index (χ1n) is 6.69. The van der Waals surface area contributed by atoms with Crippen molar-refractivity contribution in [3.05, 3.63) is 59.9 Å². The number of para-hydroxylation sites is 1. The number of primary amides is 1. The number of H-pyrrole nitrogens is 1.